The average molecular weight is 1050 g/mol. The molecule has 2 atom stereocenters. The van der Waals surface area contributed by atoms with E-state index in [1.807, 2.05) is 0 Å². The molecule has 0 radical (unpaired) electrons. The monoisotopic (exact) mass is 1050 g/mol. The molecule has 0 aromatic carbocycles. The summed E-state index contributed by atoms with van der Waals surface area (Å²) in [6.45, 7) is 4.99. The van der Waals surface area contributed by atoms with Crippen molar-refractivity contribution >= 4 is 11.9 Å². The lowest BCUT2D eigenvalue weighted by atomic mass is 10.0. The van der Waals surface area contributed by atoms with Crippen LogP contribution in [0.3, 0.4) is 0 Å². The van der Waals surface area contributed by atoms with Crippen LogP contribution in [0.1, 0.15) is 399 Å². The molecule has 1 amide bonds. The number of aliphatic hydroxyl groups excluding tert-OH is 2. The summed E-state index contributed by atoms with van der Waals surface area (Å²) >= 11 is 0. The van der Waals surface area contributed by atoms with Gasteiger partial charge in [-0.05, 0) is 25.7 Å². The molecular weight excluding hydrogens is 911 g/mol. The van der Waals surface area contributed by atoms with E-state index in [1.54, 1.807) is 0 Å². The van der Waals surface area contributed by atoms with Crippen LogP contribution in [-0.4, -0.2) is 47.4 Å². The minimum absolute atomic E-state index is 0.0234. The van der Waals surface area contributed by atoms with E-state index in [1.165, 1.54) is 327 Å². The molecule has 442 valence electrons. The third-order valence-electron chi connectivity index (χ3n) is 16.4. The molecule has 6 nitrogen and oxygen atoms in total. The second kappa shape index (κ2) is 64.4. The van der Waals surface area contributed by atoms with Gasteiger partial charge in [-0.15, -0.1) is 0 Å². The van der Waals surface area contributed by atoms with Crippen LogP contribution in [0.5, 0.6) is 0 Å². The molecule has 0 aliphatic rings. The summed E-state index contributed by atoms with van der Waals surface area (Å²) in [7, 11) is 0. The number of esters is 1. The van der Waals surface area contributed by atoms with Gasteiger partial charge in [0.15, 0.2) is 0 Å². The SMILES string of the molecule is CCCCCCCCCCCCCCCCC(=O)OCCCCCCCCCCCCCCCCCCCCCCCCCCCCCCCCC(=O)NC(CO)C(O)CCCCCCCCCCCCCCC. The molecule has 0 bridgehead atoms. The lowest BCUT2D eigenvalue weighted by Crippen LogP contribution is -2.45. The maximum atomic E-state index is 12.5. The molecule has 0 saturated heterocycles. The molecule has 0 aromatic heterocycles. The van der Waals surface area contributed by atoms with Crippen molar-refractivity contribution in [2.45, 2.75) is 411 Å². The highest BCUT2D eigenvalue weighted by molar-refractivity contribution is 5.76. The Kier molecular flexibility index (Phi) is 63.4. The van der Waals surface area contributed by atoms with Crippen LogP contribution < -0.4 is 5.32 Å². The predicted molar refractivity (Wildman–Crippen MR) is 324 cm³/mol. The van der Waals surface area contributed by atoms with Gasteiger partial charge in [-0.1, -0.05) is 361 Å². The first kappa shape index (κ1) is 72.9. The van der Waals surface area contributed by atoms with Gasteiger partial charge in [-0.3, -0.25) is 9.59 Å². The van der Waals surface area contributed by atoms with E-state index >= 15 is 0 Å². The van der Waals surface area contributed by atoms with Gasteiger partial charge in [0.25, 0.3) is 0 Å². The maximum Gasteiger partial charge on any atom is 0.305 e. The Bertz CT molecular complexity index is 1070. The second-order valence-electron chi connectivity index (χ2n) is 23.9. The topological polar surface area (TPSA) is 95.9 Å². The summed E-state index contributed by atoms with van der Waals surface area (Å²) < 4.78 is 5.50. The van der Waals surface area contributed by atoms with Crippen LogP contribution >= 0.6 is 0 Å². The molecule has 0 aromatic rings. The Labute approximate surface area is 464 Å². The van der Waals surface area contributed by atoms with Crippen LogP contribution in [0, 0.1) is 0 Å². The van der Waals surface area contributed by atoms with Gasteiger partial charge >= 0.3 is 5.97 Å². The van der Waals surface area contributed by atoms with Crippen molar-refractivity contribution < 1.29 is 24.5 Å². The molecule has 74 heavy (non-hydrogen) atoms. The number of hydrogen-bond acceptors (Lipinski definition) is 5. The first-order valence-electron chi connectivity index (χ1n) is 34.3. The summed E-state index contributed by atoms with van der Waals surface area (Å²) in [6, 6.07) is -0.536. The molecule has 0 spiro atoms. The van der Waals surface area contributed by atoms with Gasteiger partial charge in [0.05, 0.1) is 25.4 Å². The zero-order valence-electron chi connectivity index (χ0n) is 50.6. The number of rotatable bonds is 65. The third kappa shape index (κ3) is 60.1. The van der Waals surface area contributed by atoms with E-state index in [2.05, 4.69) is 19.2 Å². The van der Waals surface area contributed by atoms with Crippen molar-refractivity contribution in [2.24, 2.45) is 0 Å². The van der Waals surface area contributed by atoms with Gasteiger partial charge < -0.3 is 20.3 Å². The number of carbonyl (C=O) groups is 2. The maximum absolute atomic E-state index is 12.5. The Morgan fingerprint density at radius 2 is 0.554 bits per heavy atom. The van der Waals surface area contributed by atoms with Gasteiger partial charge in [0.2, 0.25) is 5.91 Å². The number of aliphatic hydroxyl groups is 2. The second-order valence-corrected chi connectivity index (χ2v) is 23.9. The first-order chi connectivity index (χ1) is 36.5. The number of amides is 1. The van der Waals surface area contributed by atoms with Crippen LogP contribution in [0.4, 0.5) is 0 Å². The molecule has 2 unspecified atom stereocenters. The zero-order valence-corrected chi connectivity index (χ0v) is 50.6. The number of ether oxygens (including phenoxy) is 1. The zero-order chi connectivity index (χ0) is 53.6. The summed E-state index contributed by atoms with van der Waals surface area (Å²) in [5, 5.41) is 23.3. The fraction of sp³-hybridized carbons (Fsp3) is 0.971. The Morgan fingerprint density at radius 3 is 0.824 bits per heavy atom. The van der Waals surface area contributed by atoms with E-state index in [0.29, 0.717) is 25.9 Å². The fourth-order valence-electron chi connectivity index (χ4n) is 11.2. The molecule has 0 rings (SSSR count). The summed E-state index contributed by atoms with van der Waals surface area (Å²) in [5.74, 6) is -0.00494. The van der Waals surface area contributed by atoms with E-state index in [0.717, 1.165) is 38.5 Å². The fourth-order valence-corrected chi connectivity index (χ4v) is 11.2. The first-order valence-corrected chi connectivity index (χ1v) is 34.3. The lowest BCUT2D eigenvalue weighted by Gasteiger charge is -2.22. The number of unbranched alkanes of at least 4 members (excludes halogenated alkanes) is 54. The van der Waals surface area contributed by atoms with Crippen LogP contribution in [0.15, 0.2) is 0 Å². The molecule has 0 aliphatic heterocycles. The van der Waals surface area contributed by atoms with E-state index in [9.17, 15) is 19.8 Å². The van der Waals surface area contributed by atoms with Gasteiger partial charge in [0, 0.05) is 12.8 Å². The lowest BCUT2D eigenvalue weighted by molar-refractivity contribution is -0.143. The minimum Gasteiger partial charge on any atom is -0.466 e. The molecular formula is C68H135NO5. The van der Waals surface area contributed by atoms with Crippen molar-refractivity contribution in [3.05, 3.63) is 0 Å². The molecule has 0 aliphatic carbocycles. The highest BCUT2D eigenvalue weighted by Gasteiger charge is 2.20. The van der Waals surface area contributed by atoms with Gasteiger partial charge in [-0.2, -0.15) is 0 Å². The van der Waals surface area contributed by atoms with Gasteiger partial charge in [-0.25, -0.2) is 0 Å². The third-order valence-corrected chi connectivity index (χ3v) is 16.4. The Balaban J connectivity index is 3.30. The molecule has 3 N–H and O–H groups in total. The summed E-state index contributed by atoms with van der Waals surface area (Å²) in [6.07, 6.45) is 77.2. The smallest absolute Gasteiger partial charge is 0.305 e. The van der Waals surface area contributed by atoms with Crippen molar-refractivity contribution in [3.63, 3.8) is 0 Å². The molecule has 0 fully saturated rings. The van der Waals surface area contributed by atoms with Crippen molar-refractivity contribution in [3.8, 4) is 0 Å². The van der Waals surface area contributed by atoms with E-state index < -0.39 is 12.1 Å². The molecule has 0 saturated carbocycles. The quantitative estimate of drug-likeness (QED) is 0.0417. The summed E-state index contributed by atoms with van der Waals surface area (Å²) in [5.41, 5.74) is 0. The number of carbonyl (C=O) groups excluding carboxylic acids is 2. The van der Waals surface area contributed by atoms with E-state index in [-0.39, 0.29) is 18.5 Å². The van der Waals surface area contributed by atoms with Gasteiger partial charge in [0.1, 0.15) is 0 Å². The molecule has 0 heterocycles. The Hall–Kier alpha value is -1.14. The standard InChI is InChI=1S/C68H135NO5/c1-3-5-7-9-11-13-15-17-38-42-46-50-54-58-62-68(73)74-63-59-55-51-47-43-39-35-33-31-29-27-25-23-21-19-18-20-22-24-26-28-30-32-34-37-41-45-49-53-57-61-67(72)69-65(64-70)66(71)60-56-52-48-44-40-36-16-14-12-10-8-6-4-2/h65-66,70-71H,3-64H2,1-2H3,(H,69,72). The normalized spacial score (nSPS) is 12.4. The van der Waals surface area contributed by atoms with Crippen LogP contribution in [0.2, 0.25) is 0 Å². The summed E-state index contributed by atoms with van der Waals surface area (Å²) in [4.78, 5) is 24.5. The van der Waals surface area contributed by atoms with Crippen molar-refractivity contribution in [2.75, 3.05) is 13.2 Å². The average Bonchev–Trinajstić information content (AvgIpc) is 3.40. The highest BCUT2D eigenvalue weighted by atomic mass is 16.5. The molecule has 6 heteroatoms. The van der Waals surface area contributed by atoms with Crippen LogP contribution in [-0.2, 0) is 14.3 Å². The van der Waals surface area contributed by atoms with Crippen LogP contribution in [0.25, 0.3) is 0 Å². The highest BCUT2D eigenvalue weighted by Crippen LogP contribution is 2.19. The van der Waals surface area contributed by atoms with E-state index in [4.69, 9.17) is 4.74 Å². The van der Waals surface area contributed by atoms with Crippen molar-refractivity contribution in [1.29, 1.82) is 0 Å². The number of hydrogen-bond donors (Lipinski definition) is 3. The van der Waals surface area contributed by atoms with Crippen molar-refractivity contribution in [1.82, 2.24) is 5.32 Å². The largest absolute Gasteiger partial charge is 0.466 e. The number of nitrogens with one attached hydrogen (secondary N) is 1. The predicted octanol–water partition coefficient (Wildman–Crippen LogP) is 21.8. The minimum atomic E-state index is -0.659. The Morgan fingerprint density at radius 1 is 0.324 bits per heavy atom.